The maximum atomic E-state index is 13.1. The van der Waals surface area contributed by atoms with Gasteiger partial charge in [0.05, 0.1) is 5.56 Å². The summed E-state index contributed by atoms with van der Waals surface area (Å²) in [7, 11) is 0. The van der Waals surface area contributed by atoms with E-state index in [1.165, 1.54) is 6.20 Å². The molecule has 0 amide bonds. The standard InChI is InChI=1S/C14H13F3N2O2/c1-7(2)6-9-8-4-3-5-18-12(8)19-11(14(15,16)17)10(9)13(20)21/h3-5,7H,6H2,1-2H3,(H,20,21). The van der Waals surface area contributed by atoms with Crippen molar-refractivity contribution in [2.45, 2.75) is 26.4 Å². The molecule has 0 atom stereocenters. The molecule has 0 spiro atoms. The molecule has 0 radical (unpaired) electrons. The first-order valence-corrected chi connectivity index (χ1v) is 6.30. The van der Waals surface area contributed by atoms with E-state index in [1.807, 2.05) is 13.8 Å². The number of pyridine rings is 2. The van der Waals surface area contributed by atoms with Gasteiger partial charge in [-0.2, -0.15) is 13.2 Å². The zero-order chi connectivity index (χ0) is 15.8. The number of aromatic nitrogens is 2. The third kappa shape index (κ3) is 2.96. The van der Waals surface area contributed by atoms with Gasteiger partial charge in [-0.15, -0.1) is 0 Å². The highest BCUT2D eigenvalue weighted by atomic mass is 19.4. The Morgan fingerprint density at radius 1 is 1.38 bits per heavy atom. The highest BCUT2D eigenvalue weighted by Crippen LogP contribution is 2.35. The van der Waals surface area contributed by atoms with Crippen molar-refractivity contribution in [3.8, 4) is 0 Å². The van der Waals surface area contributed by atoms with Crippen LogP contribution in [0.3, 0.4) is 0 Å². The van der Waals surface area contributed by atoms with Crippen LogP contribution in [0.25, 0.3) is 11.0 Å². The minimum Gasteiger partial charge on any atom is -0.478 e. The number of carboxylic acid groups (broad SMARTS) is 1. The van der Waals surface area contributed by atoms with Crippen molar-refractivity contribution < 1.29 is 23.1 Å². The lowest BCUT2D eigenvalue weighted by Crippen LogP contribution is -2.19. The highest BCUT2D eigenvalue weighted by Gasteiger charge is 2.39. The molecule has 0 aliphatic rings. The average Bonchev–Trinajstić information content (AvgIpc) is 2.36. The fourth-order valence-electron chi connectivity index (χ4n) is 2.22. The molecule has 7 heteroatoms. The molecule has 0 aliphatic carbocycles. The van der Waals surface area contributed by atoms with Crippen LogP contribution in [0.15, 0.2) is 18.3 Å². The van der Waals surface area contributed by atoms with Gasteiger partial charge in [-0.05, 0) is 30.0 Å². The fourth-order valence-corrected chi connectivity index (χ4v) is 2.22. The lowest BCUT2D eigenvalue weighted by molar-refractivity contribution is -0.141. The van der Waals surface area contributed by atoms with Gasteiger partial charge in [-0.3, -0.25) is 0 Å². The molecule has 0 saturated heterocycles. The predicted octanol–water partition coefficient (Wildman–Crippen LogP) is 3.55. The summed E-state index contributed by atoms with van der Waals surface area (Å²) in [4.78, 5) is 18.6. The van der Waals surface area contributed by atoms with Gasteiger partial charge in [0.2, 0.25) is 0 Å². The first-order valence-electron chi connectivity index (χ1n) is 6.30. The maximum Gasteiger partial charge on any atom is 0.434 e. The summed E-state index contributed by atoms with van der Waals surface area (Å²) < 4.78 is 39.3. The smallest absolute Gasteiger partial charge is 0.434 e. The number of nitrogens with zero attached hydrogens (tertiary/aromatic N) is 2. The third-order valence-electron chi connectivity index (χ3n) is 2.96. The molecule has 4 nitrogen and oxygen atoms in total. The Bertz CT molecular complexity index is 696. The molecule has 0 aliphatic heterocycles. The zero-order valence-electron chi connectivity index (χ0n) is 11.4. The Balaban J connectivity index is 2.91. The first kappa shape index (κ1) is 15.2. The molecular weight excluding hydrogens is 285 g/mol. The molecule has 21 heavy (non-hydrogen) atoms. The zero-order valence-corrected chi connectivity index (χ0v) is 11.4. The lowest BCUT2D eigenvalue weighted by atomic mass is 9.94. The summed E-state index contributed by atoms with van der Waals surface area (Å²) in [6.07, 6.45) is -3.31. The van der Waals surface area contributed by atoms with Crippen molar-refractivity contribution in [2.75, 3.05) is 0 Å². The van der Waals surface area contributed by atoms with E-state index in [-0.39, 0.29) is 23.5 Å². The van der Waals surface area contributed by atoms with Crippen molar-refractivity contribution in [1.82, 2.24) is 9.97 Å². The molecule has 2 aromatic rings. The van der Waals surface area contributed by atoms with Crippen LogP contribution in [0, 0.1) is 5.92 Å². The van der Waals surface area contributed by atoms with E-state index in [9.17, 15) is 23.1 Å². The van der Waals surface area contributed by atoms with Crippen LogP contribution >= 0.6 is 0 Å². The van der Waals surface area contributed by atoms with E-state index < -0.39 is 23.4 Å². The van der Waals surface area contributed by atoms with Gasteiger partial charge in [0.1, 0.15) is 0 Å². The van der Waals surface area contributed by atoms with Gasteiger partial charge in [-0.25, -0.2) is 14.8 Å². The molecule has 0 unspecified atom stereocenters. The second-order valence-electron chi connectivity index (χ2n) is 5.09. The Hall–Kier alpha value is -2.18. The summed E-state index contributed by atoms with van der Waals surface area (Å²) in [6.45, 7) is 3.61. The Morgan fingerprint density at radius 3 is 2.57 bits per heavy atom. The van der Waals surface area contributed by atoms with E-state index in [0.29, 0.717) is 5.39 Å². The van der Waals surface area contributed by atoms with Gasteiger partial charge >= 0.3 is 12.1 Å². The van der Waals surface area contributed by atoms with Crippen LogP contribution in [-0.4, -0.2) is 21.0 Å². The molecule has 0 saturated carbocycles. The maximum absolute atomic E-state index is 13.1. The Labute approximate surface area is 118 Å². The van der Waals surface area contributed by atoms with Gasteiger partial charge in [0, 0.05) is 11.6 Å². The quantitative estimate of drug-likeness (QED) is 0.941. The molecule has 2 aromatic heterocycles. The number of fused-ring (bicyclic) bond motifs is 1. The summed E-state index contributed by atoms with van der Waals surface area (Å²) in [5, 5.41) is 9.57. The van der Waals surface area contributed by atoms with Crippen LogP contribution in [0.1, 0.15) is 35.5 Å². The van der Waals surface area contributed by atoms with E-state index in [4.69, 9.17) is 0 Å². The SMILES string of the molecule is CC(C)Cc1c(C(=O)O)c(C(F)(F)F)nc2ncccc12. The number of alkyl halides is 3. The molecule has 0 aromatic carbocycles. The topological polar surface area (TPSA) is 63.1 Å². The summed E-state index contributed by atoms with van der Waals surface area (Å²) in [5.41, 5.74) is -2.14. The number of halogens is 3. The average molecular weight is 298 g/mol. The van der Waals surface area contributed by atoms with E-state index in [1.54, 1.807) is 12.1 Å². The van der Waals surface area contributed by atoms with Crippen LogP contribution < -0.4 is 0 Å². The van der Waals surface area contributed by atoms with Gasteiger partial charge in [-0.1, -0.05) is 13.8 Å². The fraction of sp³-hybridized carbons (Fsp3) is 0.357. The predicted molar refractivity (Wildman–Crippen MR) is 70.0 cm³/mol. The summed E-state index contributed by atoms with van der Waals surface area (Å²) in [6, 6.07) is 3.09. The molecule has 2 heterocycles. The van der Waals surface area contributed by atoms with Crippen molar-refractivity contribution in [3.05, 3.63) is 35.2 Å². The Morgan fingerprint density at radius 2 is 2.05 bits per heavy atom. The molecule has 1 N–H and O–H groups in total. The number of hydrogen-bond donors (Lipinski definition) is 1. The van der Waals surface area contributed by atoms with Crippen LogP contribution in [0.4, 0.5) is 13.2 Å². The highest BCUT2D eigenvalue weighted by molar-refractivity contribution is 5.96. The number of hydrogen-bond acceptors (Lipinski definition) is 3. The van der Waals surface area contributed by atoms with Crippen molar-refractivity contribution in [1.29, 1.82) is 0 Å². The van der Waals surface area contributed by atoms with E-state index >= 15 is 0 Å². The molecule has 0 bridgehead atoms. The number of carbonyl (C=O) groups is 1. The number of aromatic carboxylic acids is 1. The minimum atomic E-state index is -4.84. The van der Waals surface area contributed by atoms with Gasteiger partial charge in [0.15, 0.2) is 11.3 Å². The first-order chi connectivity index (χ1) is 9.71. The van der Waals surface area contributed by atoms with E-state index in [0.717, 1.165) is 0 Å². The molecule has 2 rings (SSSR count). The molecular formula is C14H13F3N2O2. The Kier molecular flexibility index (Phi) is 3.85. The van der Waals surface area contributed by atoms with Crippen LogP contribution in [0.5, 0.6) is 0 Å². The lowest BCUT2D eigenvalue weighted by Gasteiger charge is -2.16. The molecule has 0 fully saturated rings. The van der Waals surface area contributed by atoms with Crippen LogP contribution in [0.2, 0.25) is 0 Å². The van der Waals surface area contributed by atoms with Crippen molar-refractivity contribution >= 4 is 17.0 Å². The van der Waals surface area contributed by atoms with Crippen molar-refractivity contribution in [3.63, 3.8) is 0 Å². The second kappa shape index (κ2) is 5.31. The third-order valence-corrected chi connectivity index (χ3v) is 2.96. The minimum absolute atomic E-state index is 0.00464. The van der Waals surface area contributed by atoms with E-state index in [2.05, 4.69) is 9.97 Å². The monoisotopic (exact) mass is 298 g/mol. The molecule has 112 valence electrons. The van der Waals surface area contributed by atoms with Crippen molar-refractivity contribution in [2.24, 2.45) is 5.92 Å². The summed E-state index contributed by atoms with van der Waals surface area (Å²) in [5.74, 6) is -1.63. The summed E-state index contributed by atoms with van der Waals surface area (Å²) >= 11 is 0. The van der Waals surface area contributed by atoms with Crippen LogP contribution in [-0.2, 0) is 12.6 Å². The normalized spacial score (nSPS) is 12.1. The number of carboxylic acids is 1. The number of rotatable bonds is 3. The van der Waals surface area contributed by atoms with Gasteiger partial charge in [0.25, 0.3) is 0 Å². The van der Waals surface area contributed by atoms with Gasteiger partial charge < -0.3 is 5.11 Å². The largest absolute Gasteiger partial charge is 0.478 e. The second-order valence-corrected chi connectivity index (χ2v) is 5.09.